The molecule has 0 unspecified atom stereocenters. The van der Waals surface area contributed by atoms with E-state index in [1.54, 1.807) is 10.8 Å². The van der Waals surface area contributed by atoms with Crippen molar-refractivity contribution in [3.8, 4) is 12.3 Å². The van der Waals surface area contributed by atoms with Crippen LogP contribution in [0.3, 0.4) is 0 Å². The van der Waals surface area contributed by atoms with E-state index in [-0.39, 0.29) is 5.69 Å². The Kier molecular flexibility index (Phi) is 4.42. The summed E-state index contributed by atoms with van der Waals surface area (Å²) in [6.45, 7) is 3.24. The monoisotopic (exact) mass is 348 g/mol. The van der Waals surface area contributed by atoms with Crippen molar-refractivity contribution in [1.29, 1.82) is 0 Å². The predicted octanol–water partition coefficient (Wildman–Crippen LogP) is 1.17. The third-order valence-electron chi connectivity index (χ3n) is 4.72. The summed E-state index contributed by atoms with van der Waals surface area (Å²) in [4.78, 5) is 24.0. The fourth-order valence-electron chi connectivity index (χ4n) is 3.27. The Labute approximate surface area is 150 Å². The summed E-state index contributed by atoms with van der Waals surface area (Å²) >= 11 is 0. The highest BCUT2D eigenvalue weighted by Gasteiger charge is 2.15. The molecule has 1 atom stereocenters. The maximum absolute atomic E-state index is 12.4. The maximum Gasteiger partial charge on any atom is 0.328 e. The molecule has 1 saturated heterocycles. The van der Waals surface area contributed by atoms with Crippen LogP contribution in [0.4, 0.5) is 5.95 Å². The minimum Gasteiger partial charge on any atom is -0.354 e. The maximum atomic E-state index is 12.4. The van der Waals surface area contributed by atoms with Gasteiger partial charge < -0.3 is 15.6 Å². The van der Waals surface area contributed by atoms with Crippen molar-refractivity contribution in [2.75, 3.05) is 25.0 Å². The summed E-state index contributed by atoms with van der Waals surface area (Å²) in [7, 11) is 0. The molecule has 3 N–H and O–H groups in total. The molecule has 26 heavy (non-hydrogen) atoms. The third-order valence-corrected chi connectivity index (χ3v) is 4.72. The van der Waals surface area contributed by atoms with Gasteiger partial charge in [-0.25, -0.2) is 9.78 Å². The Morgan fingerprint density at radius 3 is 3.08 bits per heavy atom. The van der Waals surface area contributed by atoms with Crippen molar-refractivity contribution < 1.29 is 0 Å². The van der Waals surface area contributed by atoms with E-state index < -0.39 is 0 Å². The lowest BCUT2D eigenvalue weighted by atomic mass is 10.1. The summed E-state index contributed by atoms with van der Waals surface area (Å²) in [5.41, 5.74) is 2.64. The Balaban J connectivity index is 1.63. The fourth-order valence-corrected chi connectivity index (χ4v) is 3.27. The molecule has 4 rings (SSSR count). The number of H-pyrrole nitrogens is 1. The standard InChI is InChI=1S/C19H20N6O/c1-2-14-5-3-4-6-15(14)12-25-17-16(23-19(25)26)11-22-18(24-17)21-10-13-7-8-20-9-13/h1,3-6,11,13,20H,7-10,12H2,(H,23,26)(H,21,22,24)/t13-/m1/s1. The van der Waals surface area contributed by atoms with Gasteiger partial charge in [0.1, 0.15) is 5.52 Å². The highest BCUT2D eigenvalue weighted by Crippen LogP contribution is 2.14. The minimum absolute atomic E-state index is 0.224. The number of fused-ring (bicyclic) bond motifs is 1. The number of hydrogen-bond donors (Lipinski definition) is 3. The average Bonchev–Trinajstić information content (AvgIpc) is 3.29. The van der Waals surface area contributed by atoms with E-state index >= 15 is 0 Å². The molecule has 132 valence electrons. The Hall–Kier alpha value is -3.11. The molecule has 0 aliphatic carbocycles. The van der Waals surface area contributed by atoms with Gasteiger partial charge in [-0.15, -0.1) is 6.42 Å². The van der Waals surface area contributed by atoms with E-state index in [0.29, 0.717) is 29.6 Å². The fraction of sp³-hybridized carbons (Fsp3) is 0.316. The second kappa shape index (κ2) is 7.02. The van der Waals surface area contributed by atoms with Crippen LogP contribution in [-0.2, 0) is 6.54 Å². The van der Waals surface area contributed by atoms with Gasteiger partial charge in [-0.05, 0) is 37.1 Å². The van der Waals surface area contributed by atoms with Gasteiger partial charge in [0.05, 0.1) is 12.7 Å². The number of anilines is 1. The van der Waals surface area contributed by atoms with Crippen molar-refractivity contribution in [1.82, 2.24) is 24.8 Å². The lowest BCUT2D eigenvalue weighted by Gasteiger charge is -2.10. The van der Waals surface area contributed by atoms with Crippen LogP contribution < -0.4 is 16.3 Å². The molecule has 0 saturated carbocycles. The van der Waals surface area contributed by atoms with Crippen LogP contribution in [0.1, 0.15) is 17.5 Å². The number of hydrogen-bond acceptors (Lipinski definition) is 5. The number of benzene rings is 1. The lowest BCUT2D eigenvalue weighted by Crippen LogP contribution is -2.19. The van der Waals surface area contributed by atoms with Gasteiger partial charge in [0, 0.05) is 12.1 Å². The van der Waals surface area contributed by atoms with E-state index in [1.807, 2.05) is 24.3 Å². The summed E-state index contributed by atoms with van der Waals surface area (Å²) in [6, 6.07) is 7.59. The molecule has 1 aliphatic heterocycles. The first-order valence-electron chi connectivity index (χ1n) is 8.69. The zero-order valence-corrected chi connectivity index (χ0v) is 14.3. The van der Waals surface area contributed by atoms with Gasteiger partial charge in [-0.1, -0.05) is 24.1 Å². The highest BCUT2D eigenvalue weighted by molar-refractivity contribution is 5.71. The van der Waals surface area contributed by atoms with Crippen LogP contribution in [0.25, 0.3) is 11.2 Å². The van der Waals surface area contributed by atoms with Crippen LogP contribution in [0.5, 0.6) is 0 Å². The molecule has 7 nitrogen and oxygen atoms in total. The predicted molar refractivity (Wildman–Crippen MR) is 101 cm³/mol. The van der Waals surface area contributed by atoms with Crippen molar-refractivity contribution in [3.05, 3.63) is 52.1 Å². The molecule has 3 heterocycles. The molecule has 2 aromatic heterocycles. The van der Waals surface area contributed by atoms with E-state index in [0.717, 1.165) is 37.2 Å². The molecule has 0 spiro atoms. The Morgan fingerprint density at radius 1 is 1.38 bits per heavy atom. The van der Waals surface area contributed by atoms with Gasteiger partial charge in [0.25, 0.3) is 0 Å². The van der Waals surface area contributed by atoms with E-state index in [2.05, 4.69) is 31.5 Å². The number of nitrogens with zero attached hydrogens (tertiary/aromatic N) is 3. The van der Waals surface area contributed by atoms with Crippen molar-refractivity contribution in [2.24, 2.45) is 5.92 Å². The molecular weight excluding hydrogens is 328 g/mol. The molecule has 1 aromatic carbocycles. The zero-order valence-electron chi connectivity index (χ0n) is 14.3. The van der Waals surface area contributed by atoms with Gasteiger partial charge in [-0.2, -0.15) is 4.98 Å². The second-order valence-electron chi connectivity index (χ2n) is 6.49. The smallest absolute Gasteiger partial charge is 0.328 e. The number of nitrogens with one attached hydrogen (secondary N) is 3. The molecule has 7 heteroatoms. The van der Waals surface area contributed by atoms with Crippen molar-refractivity contribution >= 4 is 17.1 Å². The first kappa shape index (κ1) is 16.4. The Morgan fingerprint density at radius 2 is 2.27 bits per heavy atom. The molecule has 3 aromatic rings. The van der Waals surface area contributed by atoms with E-state index in [4.69, 9.17) is 6.42 Å². The minimum atomic E-state index is -0.224. The molecule has 0 bridgehead atoms. The van der Waals surface area contributed by atoms with Crippen molar-refractivity contribution in [3.63, 3.8) is 0 Å². The van der Waals surface area contributed by atoms with Gasteiger partial charge in [0.15, 0.2) is 5.65 Å². The van der Waals surface area contributed by atoms with Crippen molar-refractivity contribution in [2.45, 2.75) is 13.0 Å². The number of imidazole rings is 1. The largest absolute Gasteiger partial charge is 0.354 e. The van der Waals surface area contributed by atoms with Gasteiger partial charge >= 0.3 is 5.69 Å². The van der Waals surface area contributed by atoms with Crippen LogP contribution in [0.15, 0.2) is 35.3 Å². The molecular formula is C19H20N6O. The van der Waals surface area contributed by atoms with Gasteiger partial charge in [-0.3, -0.25) is 4.57 Å². The second-order valence-corrected chi connectivity index (χ2v) is 6.49. The van der Waals surface area contributed by atoms with Crippen LogP contribution >= 0.6 is 0 Å². The zero-order chi connectivity index (χ0) is 17.9. The molecule has 0 radical (unpaired) electrons. The number of terminal acetylenes is 1. The first-order chi connectivity index (χ1) is 12.7. The number of aromatic amines is 1. The molecule has 1 aliphatic rings. The SMILES string of the molecule is C#Cc1ccccc1Cn1c(=O)[nH]c2cnc(NC[C@@H]3CCNC3)nc21. The third kappa shape index (κ3) is 3.19. The topological polar surface area (TPSA) is 87.6 Å². The molecule has 1 fully saturated rings. The first-order valence-corrected chi connectivity index (χ1v) is 8.69. The normalized spacial score (nSPS) is 16.7. The van der Waals surface area contributed by atoms with E-state index in [9.17, 15) is 4.79 Å². The number of rotatable bonds is 5. The summed E-state index contributed by atoms with van der Waals surface area (Å²) in [6.07, 6.45) is 8.35. The number of aromatic nitrogens is 4. The molecule has 0 amide bonds. The highest BCUT2D eigenvalue weighted by atomic mass is 16.1. The average molecular weight is 348 g/mol. The Bertz CT molecular complexity index is 1020. The summed E-state index contributed by atoms with van der Waals surface area (Å²) < 4.78 is 1.59. The van der Waals surface area contributed by atoms with Crippen LogP contribution in [0.2, 0.25) is 0 Å². The van der Waals surface area contributed by atoms with E-state index in [1.165, 1.54) is 0 Å². The van der Waals surface area contributed by atoms with Gasteiger partial charge in [0.2, 0.25) is 5.95 Å². The van der Waals surface area contributed by atoms with Crippen LogP contribution in [-0.4, -0.2) is 39.2 Å². The lowest BCUT2D eigenvalue weighted by molar-refractivity contribution is 0.613. The van der Waals surface area contributed by atoms with Crippen LogP contribution in [0, 0.1) is 18.3 Å². The summed E-state index contributed by atoms with van der Waals surface area (Å²) in [5.74, 6) is 3.77. The quantitative estimate of drug-likeness (QED) is 0.603. The summed E-state index contributed by atoms with van der Waals surface area (Å²) in [5, 5.41) is 6.62.